The smallest absolute Gasteiger partial charge is 0.406 e. The van der Waals surface area contributed by atoms with E-state index in [0.717, 1.165) is 28.2 Å². The van der Waals surface area contributed by atoms with Gasteiger partial charge in [0.1, 0.15) is 5.75 Å². The molecule has 3 aromatic carbocycles. The number of hydrogen-bond donors (Lipinski definition) is 2. The summed E-state index contributed by atoms with van der Waals surface area (Å²) in [6, 6.07) is 13.9. The van der Waals surface area contributed by atoms with E-state index in [4.69, 9.17) is 0 Å². The van der Waals surface area contributed by atoms with E-state index in [1.165, 1.54) is 30.5 Å². The number of ether oxygens (including phenoxy) is 1. The highest BCUT2D eigenvalue weighted by molar-refractivity contribution is 6.34. The number of urea groups is 1. The van der Waals surface area contributed by atoms with E-state index < -0.39 is 30.0 Å². The standard InChI is InChI=1S/C25H19F3N4O4/c1-14-4-3-5-15(2)21(14)30-24(35)31-29-13-16-6-11-19-20(12-16)23(34)32(22(19)33)17-7-9-18(10-8-17)36-25(26,27)28/h3-13H,1-2H3,(H2,30,31,35)/b29-13+. The lowest BCUT2D eigenvalue weighted by Gasteiger charge is -2.15. The second kappa shape index (κ2) is 9.53. The van der Waals surface area contributed by atoms with Crippen molar-refractivity contribution in [3.63, 3.8) is 0 Å². The molecule has 11 heteroatoms. The van der Waals surface area contributed by atoms with Gasteiger partial charge in [0.05, 0.1) is 23.0 Å². The number of carbonyl (C=O) groups excluding carboxylic acids is 3. The quantitative estimate of drug-likeness (QED) is 0.290. The average molecular weight is 496 g/mol. The van der Waals surface area contributed by atoms with Crippen LogP contribution < -0.4 is 20.4 Å². The summed E-state index contributed by atoms with van der Waals surface area (Å²) in [7, 11) is 0. The Morgan fingerprint density at radius 2 is 1.58 bits per heavy atom. The molecular weight excluding hydrogens is 477 g/mol. The number of anilines is 2. The monoisotopic (exact) mass is 496 g/mol. The lowest BCUT2D eigenvalue weighted by molar-refractivity contribution is -0.274. The predicted molar refractivity (Wildman–Crippen MR) is 126 cm³/mol. The van der Waals surface area contributed by atoms with Crippen molar-refractivity contribution in [3.8, 4) is 5.75 Å². The first-order valence-electron chi connectivity index (χ1n) is 10.6. The van der Waals surface area contributed by atoms with E-state index in [0.29, 0.717) is 11.3 Å². The van der Waals surface area contributed by atoms with E-state index in [1.807, 2.05) is 32.0 Å². The van der Waals surface area contributed by atoms with E-state index in [9.17, 15) is 27.6 Å². The molecule has 0 aliphatic carbocycles. The number of carbonyl (C=O) groups is 3. The van der Waals surface area contributed by atoms with Crippen LogP contribution >= 0.6 is 0 Å². The molecule has 0 unspecified atom stereocenters. The van der Waals surface area contributed by atoms with Crippen molar-refractivity contribution in [1.82, 2.24) is 5.43 Å². The normalized spacial score (nSPS) is 13.2. The topological polar surface area (TPSA) is 100 Å². The van der Waals surface area contributed by atoms with Gasteiger partial charge in [-0.3, -0.25) is 9.59 Å². The van der Waals surface area contributed by atoms with Gasteiger partial charge in [0.2, 0.25) is 0 Å². The number of amides is 4. The molecule has 3 aromatic rings. The number of alkyl halides is 3. The van der Waals surface area contributed by atoms with Gasteiger partial charge in [-0.25, -0.2) is 15.1 Å². The molecule has 1 aliphatic rings. The Bertz CT molecular complexity index is 1360. The minimum Gasteiger partial charge on any atom is -0.406 e. The summed E-state index contributed by atoms with van der Waals surface area (Å²) < 4.78 is 40.9. The Balaban J connectivity index is 1.45. The fourth-order valence-corrected chi connectivity index (χ4v) is 3.69. The highest BCUT2D eigenvalue weighted by Crippen LogP contribution is 2.31. The number of imide groups is 1. The molecule has 0 atom stereocenters. The summed E-state index contributed by atoms with van der Waals surface area (Å²) in [6.45, 7) is 3.73. The zero-order chi connectivity index (χ0) is 26.0. The summed E-state index contributed by atoms with van der Waals surface area (Å²) in [5.74, 6) is -1.74. The molecule has 36 heavy (non-hydrogen) atoms. The summed E-state index contributed by atoms with van der Waals surface area (Å²) in [4.78, 5) is 38.7. The molecule has 0 bridgehead atoms. The SMILES string of the molecule is Cc1cccc(C)c1NC(=O)N/N=C/c1ccc2c(c1)C(=O)N(c1ccc(OC(F)(F)F)cc1)C2=O. The molecule has 4 amide bonds. The molecule has 1 heterocycles. The van der Waals surface area contributed by atoms with E-state index in [1.54, 1.807) is 6.07 Å². The average Bonchev–Trinajstić information content (AvgIpc) is 3.05. The number of hydrogen-bond acceptors (Lipinski definition) is 5. The predicted octanol–water partition coefficient (Wildman–Crippen LogP) is 5.16. The highest BCUT2D eigenvalue weighted by Gasteiger charge is 2.37. The zero-order valence-electron chi connectivity index (χ0n) is 19.0. The van der Waals surface area contributed by atoms with Crippen molar-refractivity contribution in [2.24, 2.45) is 5.10 Å². The van der Waals surface area contributed by atoms with Crippen LogP contribution in [0.15, 0.2) is 65.8 Å². The van der Waals surface area contributed by atoms with Crippen molar-refractivity contribution >= 4 is 35.4 Å². The minimum absolute atomic E-state index is 0.0933. The lowest BCUT2D eigenvalue weighted by Crippen LogP contribution is -2.29. The maximum Gasteiger partial charge on any atom is 0.573 e. The third-order valence-corrected chi connectivity index (χ3v) is 5.34. The van der Waals surface area contributed by atoms with Crippen molar-refractivity contribution in [2.75, 3.05) is 10.2 Å². The van der Waals surface area contributed by atoms with Crippen LogP contribution in [0, 0.1) is 13.8 Å². The summed E-state index contributed by atoms with van der Waals surface area (Å²) in [5.41, 5.74) is 5.56. The van der Waals surface area contributed by atoms with Crippen LogP contribution in [0.25, 0.3) is 0 Å². The van der Waals surface area contributed by atoms with Crippen molar-refractivity contribution in [2.45, 2.75) is 20.2 Å². The largest absolute Gasteiger partial charge is 0.573 e. The molecule has 1 aliphatic heterocycles. The Labute approximate surface area is 203 Å². The molecule has 0 aromatic heterocycles. The highest BCUT2D eigenvalue weighted by atomic mass is 19.4. The first-order chi connectivity index (χ1) is 17.0. The second-order valence-electron chi connectivity index (χ2n) is 7.88. The van der Waals surface area contributed by atoms with Crippen LogP contribution in [-0.2, 0) is 0 Å². The second-order valence-corrected chi connectivity index (χ2v) is 7.88. The molecule has 4 rings (SSSR count). The number of rotatable bonds is 5. The maximum atomic E-state index is 12.9. The van der Waals surface area contributed by atoms with Crippen molar-refractivity contribution in [1.29, 1.82) is 0 Å². The van der Waals surface area contributed by atoms with E-state index in [-0.39, 0.29) is 16.8 Å². The fourth-order valence-electron chi connectivity index (χ4n) is 3.69. The fraction of sp³-hybridized carbons (Fsp3) is 0.120. The van der Waals surface area contributed by atoms with Crippen LogP contribution in [0.1, 0.15) is 37.4 Å². The third-order valence-electron chi connectivity index (χ3n) is 5.34. The molecule has 0 spiro atoms. The maximum absolute atomic E-state index is 12.9. The van der Waals surface area contributed by atoms with Gasteiger partial charge in [0, 0.05) is 5.69 Å². The first-order valence-corrected chi connectivity index (χ1v) is 10.6. The van der Waals surface area contributed by atoms with Gasteiger partial charge in [0.25, 0.3) is 11.8 Å². The van der Waals surface area contributed by atoms with Crippen LogP contribution in [0.4, 0.5) is 29.3 Å². The van der Waals surface area contributed by atoms with Gasteiger partial charge in [-0.15, -0.1) is 13.2 Å². The minimum atomic E-state index is -4.86. The molecule has 2 N–H and O–H groups in total. The molecule has 184 valence electrons. The number of para-hydroxylation sites is 1. The Hall–Kier alpha value is -4.67. The first kappa shape index (κ1) is 24.5. The van der Waals surface area contributed by atoms with Crippen LogP contribution in [0.3, 0.4) is 0 Å². The lowest BCUT2D eigenvalue weighted by atomic mass is 10.1. The van der Waals surface area contributed by atoms with Gasteiger partial charge < -0.3 is 10.1 Å². The van der Waals surface area contributed by atoms with Gasteiger partial charge in [-0.1, -0.05) is 24.3 Å². The van der Waals surface area contributed by atoms with Crippen LogP contribution in [0.2, 0.25) is 0 Å². The van der Waals surface area contributed by atoms with Crippen molar-refractivity contribution < 1.29 is 32.3 Å². The van der Waals surface area contributed by atoms with Gasteiger partial charge in [-0.05, 0) is 66.9 Å². The summed E-state index contributed by atoms with van der Waals surface area (Å²) in [5, 5.41) is 6.60. The number of aryl methyl sites for hydroxylation is 2. The van der Waals surface area contributed by atoms with Crippen LogP contribution in [0.5, 0.6) is 5.75 Å². The number of halogens is 3. The van der Waals surface area contributed by atoms with Crippen molar-refractivity contribution in [3.05, 3.63) is 88.5 Å². The number of benzene rings is 3. The Morgan fingerprint density at radius 1 is 0.944 bits per heavy atom. The number of fused-ring (bicyclic) bond motifs is 1. The number of hydrazone groups is 1. The summed E-state index contributed by atoms with van der Waals surface area (Å²) >= 11 is 0. The Morgan fingerprint density at radius 3 is 2.22 bits per heavy atom. The number of nitrogens with zero attached hydrogens (tertiary/aromatic N) is 2. The van der Waals surface area contributed by atoms with E-state index >= 15 is 0 Å². The zero-order valence-corrected chi connectivity index (χ0v) is 19.0. The summed E-state index contributed by atoms with van der Waals surface area (Å²) in [6.07, 6.45) is -3.54. The molecule has 0 saturated carbocycles. The molecular formula is C25H19F3N4O4. The molecule has 8 nitrogen and oxygen atoms in total. The number of nitrogens with one attached hydrogen (secondary N) is 2. The van der Waals surface area contributed by atoms with E-state index in [2.05, 4.69) is 20.6 Å². The molecule has 0 saturated heterocycles. The van der Waals surface area contributed by atoms with Crippen LogP contribution in [-0.4, -0.2) is 30.4 Å². The molecule has 0 fully saturated rings. The Kier molecular flexibility index (Phi) is 6.47. The van der Waals surface area contributed by atoms with Gasteiger partial charge in [0.15, 0.2) is 0 Å². The van der Waals surface area contributed by atoms with Gasteiger partial charge in [-0.2, -0.15) is 5.10 Å². The molecule has 0 radical (unpaired) electrons. The van der Waals surface area contributed by atoms with Gasteiger partial charge >= 0.3 is 12.4 Å². The third kappa shape index (κ3) is 5.19.